The molecule has 0 aliphatic heterocycles. The van der Waals surface area contributed by atoms with Crippen molar-refractivity contribution >= 4 is 0 Å². The summed E-state index contributed by atoms with van der Waals surface area (Å²) in [5.41, 5.74) is 0.872. The van der Waals surface area contributed by atoms with Crippen molar-refractivity contribution in [1.82, 2.24) is 5.32 Å². The number of nitrogens with one attached hydrogen (secondary N) is 1. The smallest absolute Gasteiger partial charge is 0.165 e. The van der Waals surface area contributed by atoms with E-state index in [-0.39, 0.29) is 12.4 Å². The van der Waals surface area contributed by atoms with Gasteiger partial charge in [-0.15, -0.1) is 0 Å². The highest BCUT2D eigenvalue weighted by atomic mass is 19.1. The molecule has 0 fully saturated rings. The normalized spacial score (nSPS) is 10.4. The number of rotatable bonds is 7. The number of alkyl halides is 1. The highest BCUT2D eigenvalue weighted by Crippen LogP contribution is 2.18. The zero-order chi connectivity index (χ0) is 11.8. The predicted octanol–water partition coefficient (Wildman–Crippen LogP) is 2.67. The van der Waals surface area contributed by atoms with Crippen molar-refractivity contribution < 1.29 is 13.5 Å². The molecule has 0 heterocycles. The Balaban J connectivity index is 2.53. The summed E-state index contributed by atoms with van der Waals surface area (Å²) in [5.74, 6) is -0.206. The highest BCUT2D eigenvalue weighted by Gasteiger charge is 2.04. The topological polar surface area (TPSA) is 21.3 Å². The average molecular weight is 229 g/mol. The van der Waals surface area contributed by atoms with Gasteiger partial charge in [-0.05, 0) is 24.2 Å². The fourth-order valence-corrected chi connectivity index (χ4v) is 1.28. The summed E-state index contributed by atoms with van der Waals surface area (Å²) < 4.78 is 30.4. The van der Waals surface area contributed by atoms with Crippen LogP contribution >= 0.6 is 0 Å². The van der Waals surface area contributed by atoms with Crippen LogP contribution in [0.2, 0.25) is 0 Å². The van der Waals surface area contributed by atoms with Crippen LogP contribution in [-0.2, 0) is 6.54 Å². The average Bonchev–Trinajstić information content (AvgIpc) is 2.29. The van der Waals surface area contributed by atoms with E-state index in [0.29, 0.717) is 13.0 Å². The van der Waals surface area contributed by atoms with Gasteiger partial charge in [0.2, 0.25) is 0 Å². The van der Waals surface area contributed by atoms with Crippen LogP contribution < -0.4 is 10.1 Å². The molecule has 2 nitrogen and oxygen atoms in total. The summed E-state index contributed by atoms with van der Waals surface area (Å²) in [6, 6.07) is 4.82. The standard InChI is InChI=1S/C12H17F2NO/c1-2-15-9-10-4-5-12(11(14)8-10)16-7-3-6-13/h4-5,8,15H,2-3,6-7,9H2,1H3. The van der Waals surface area contributed by atoms with Crippen LogP contribution in [0.5, 0.6) is 5.75 Å². The van der Waals surface area contributed by atoms with Crippen molar-refractivity contribution in [2.45, 2.75) is 19.9 Å². The molecular formula is C12H17F2NO. The molecule has 1 aromatic carbocycles. The zero-order valence-electron chi connectivity index (χ0n) is 9.43. The summed E-state index contributed by atoms with van der Waals surface area (Å²) in [7, 11) is 0. The molecule has 90 valence electrons. The number of benzene rings is 1. The molecule has 0 spiro atoms. The van der Waals surface area contributed by atoms with Gasteiger partial charge < -0.3 is 10.1 Å². The molecule has 0 aliphatic rings. The van der Waals surface area contributed by atoms with Crippen molar-refractivity contribution in [2.24, 2.45) is 0 Å². The summed E-state index contributed by atoms with van der Waals surface area (Å²) in [6.45, 7) is 3.24. The van der Waals surface area contributed by atoms with E-state index in [1.807, 2.05) is 6.92 Å². The monoisotopic (exact) mass is 229 g/mol. The van der Waals surface area contributed by atoms with Gasteiger partial charge in [-0.3, -0.25) is 4.39 Å². The third-order valence-electron chi connectivity index (χ3n) is 2.11. The van der Waals surface area contributed by atoms with Gasteiger partial charge in [-0.1, -0.05) is 13.0 Å². The van der Waals surface area contributed by atoms with E-state index >= 15 is 0 Å². The van der Waals surface area contributed by atoms with Gasteiger partial charge in [0.15, 0.2) is 11.6 Å². The van der Waals surface area contributed by atoms with Crippen molar-refractivity contribution in [3.05, 3.63) is 29.6 Å². The maximum atomic E-state index is 13.5. The molecule has 1 rings (SSSR count). The quantitative estimate of drug-likeness (QED) is 0.726. The van der Waals surface area contributed by atoms with Gasteiger partial charge in [-0.25, -0.2) is 4.39 Å². The zero-order valence-corrected chi connectivity index (χ0v) is 9.43. The summed E-state index contributed by atoms with van der Waals surface area (Å²) in [6.07, 6.45) is 0.290. The van der Waals surface area contributed by atoms with E-state index in [9.17, 15) is 8.78 Å². The fourth-order valence-electron chi connectivity index (χ4n) is 1.28. The molecule has 4 heteroatoms. The molecule has 0 radical (unpaired) electrons. The van der Waals surface area contributed by atoms with E-state index in [4.69, 9.17) is 4.74 Å². The van der Waals surface area contributed by atoms with Crippen LogP contribution in [0.4, 0.5) is 8.78 Å². The first-order chi connectivity index (χ1) is 7.77. The third kappa shape index (κ3) is 4.14. The van der Waals surface area contributed by atoms with Gasteiger partial charge in [0.05, 0.1) is 13.3 Å². The summed E-state index contributed by atoms with van der Waals surface area (Å²) in [5, 5.41) is 3.11. The molecule has 0 atom stereocenters. The second-order valence-electron chi connectivity index (χ2n) is 3.44. The molecule has 0 aromatic heterocycles. The minimum absolute atomic E-state index is 0.189. The molecule has 16 heavy (non-hydrogen) atoms. The Kier molecular flexibility index (Phi) is 5.78. The number of hydrogen-bond acceptors (Lipinski definition) is 2. The Morgan fingerprint density at radius 1 is 1.38 bits per heavy atom. The molecular weight excluding hydrogens is 212 g/mol. The number of halogens is 2. The van der Waals surface area contributed by atoms with Crippen molar-refractivity contribution in [2.75, 3.05) is 19.8 Å². The lowest BCUT2D eigenvalue weighted by molar-refractivity contribution is 0.277. The minimum atomic E-state index is -0.444. The Hall–Kier alpha value is -1.16. The van der Waals surface area contributed by atoms with E-state index in [2.05, 4.69) is 5.32 Å². The van der Waals surface area contributed by atoms with Crippen LogP contribution in [0.3, 0.4) is 0 Å². The second kappa shape index (κ2) is 7.17. The Morgan fingerprint density at radius 3 is 2.81 bits per heavy atom. The van der Waals surface area contributed by atoms with E-state index < -0.39 is 12.5 Å². The van der Waals surface area contributed by atoms with E-state index in [1.165, 1.54) is 6.07 Å². The van der Waals surface area contributed by atoms with Crippen molar-refractivity contribution in [1.29, 1.82) is 0 Å². The van der Waals surface area contributed by atoms with Gasteiger partial charge in [0, 0.05) is 13.0 Å². The molecule has 1 N–H and O–H groups in total. The maximum absolute atomic E-state index is 13.5. The number of hydrogen-bond donors (Lipinski definition) is 1. The minimum Gasteiger partial charge on any atom is -0.490 e. The van der Waals surface area contributed by atoms with Crippen LogP contribution in [0.15, 0.2) is 18.2 Å². The first-order valence-corrected chi connectivity index (χ1v) is 5.45. The first kappa shape index (κ1) is 12.9. The van der Waals surface area contributed by atoms with E-state index in [1.54, 1.807) is 12.1 Å². The molecule has 0 saturated heterocycles. The van der Waals surface area contributed by atoms with Crippen LogP contribution in [0.25, 0.3) is 0 Å². The molecule has 0 unspecified atom stereocenters. The summed E-state index contributed by atoms with van der Waals surface area (Å²) in [4.78, 5) is 0. The van der Waals surface area contributed by atoms with Crippen LogP contribution in [0.1, 0.15) is 18.9 Å². The fraction of sp³-hybridized carbons (Fsp3) is 0.500. The molecule has 0 saturated carbocycles. The van der Waals surface area contributed by atoms with Crippen molar-refractivity contribution in [3.8, 4) is 5.75 Å². The van der Waals surface area contributed by atoms with E-state index in [0.717, 1.165) is 12.1 Å². The van der Waals surface area contributed by atoms with Gasteiger partial charge in [0.1, 0.15) is 0 Å². The Labute approximate surface area is 94.6 Å². The SMILES string of the molecule is CCNCc1ccc(OCCCF)c(F)c1. The third-order valence-corrected chi connectivity index (χ3v) is 2.11. The van der Waals surface area contributed by atoms with Gasteiger partial charge in [-0.2, -0.15) is 0 Å². The van der Waals surface area contributed by atoms with Crippen molar-refractivity contribution in [3.63, 3.8) is 0 Å². The predicted molar refractivity (Wildman–Crippen MR) is 59.9 cm³/mol. The second-order valence-corrected chi connectivity index (χ2v) is 3.44. The Bertz CT molecular complexity index is 318. The van der Waals surface area contributed by atoms with Crippen LogP contribution in [0, 0.1) is 5.82 Å². The van der Waals surface area contributed by atoms with Gasteiger partial charge in [0.25, 0.3) is 0 Å². The largest absolute Gasteiger partial charge is 0.490 e. The molecule has 0 bridgehead atoms. The lowest BCUT2D eigenvalue weighted by atomic mass is 10.2. The molecule has 0 aliphatic carbocycles. The highest BCUT2D eigenvalue weighted by molar-refractivity contribution is 5.29. The van der Waals surface area contributed by atoms with Gasteiger partial charge >= 0.3 is 0 Å². The Morgan fingerprint density at radius 2 is 2.19 bits per heavy atom. The maximum Gasteiger partial charge on any atom is 0.165 e. The molecule has 0 amide bonds. The first-order valence-electron chi connectivity index (χ1n) is 5.45. The summed E-state index contributed by atoms with van der Waals surface area (Å²) >= 11 is 0. The van der Waals surface area contributed by atoms with Crippen LogP contribution in [-0.4, -0.2) is 19.8 Å². The number of ether oxygens (including phenoxy) is 1. The molecule has 1 aromatic rings. The lowest BCUT2D eigenvalue weighted by Crippen LogP contribution is -2.12. The lowest BCUT2D eigenvalue weighted by Gasteiger charge is -2.08.